The van der Waals surface area contributed by atoms with Gasteiger partial charge in [0.05, 0.1) is 29.6 Å². The number of carbonyl (C=O) groups is 3. The van der Waals surface area contributed by atoms with Gasteiger partial charge in [-0.1, -0.05) is 96.5 Å². The highest BCUT2D eigenvalue weighted by atomic mass is 35.5. The average Bonchev–Trinajstić information content (AvgIpc) is 3.62. The average molecular weight is 747 g/mol. The maximum absolute atomic E-state index is 14.1. The van der Waals surface area contributed by atoms with Crippen molar-refractivity contribution in [2.75, 3.05) is 6.61 Å². The van der Waals surface area contributed by atoms with E-state index in [9.17, 15) is 14.4 Å². The molecule has 272 valence electrons. The number of hydrogen-bond donors (Lipinski definition) is 0. The lowest BCUT2D eigenvalue weighted by Gasteiger charge is -2.39. The normalized spacial score (nSPS) is 23.8. The maximum atomic E-state index is 14.1. The number of halogens is 1. The Kier molecular flexibility index (Phi) is 10.1. The molecule has 2 aromatic heterocycles. The van der Waals surface area contributed by atoms with Gasteiger partial charge < -0.3 is 28.4 Å². The van der Waals surface area contributed by atoms with Crippen LogP contribution >= 0.6 is 11.6 Å². The third kappa shape index (κ3) is 7.17. The minimum atomic E-state index is -1.55. The molecule has 8 rings (SSSR count). The fourth-order valence-electron chi connectivity index (χ4n) is 6.45. The smallest absolute Gasteiger partial charge is 0.338 e. The lowest BCUT2D eigenvalue weighted by Crippen LogP contribution is -2.55. The summed E-state index contributed by atoms with van der Waals surface area (Å²) in [5.74, 6) is -2.30. The molecule has 1 unspecified atom stereocenters. The van der Waals surface area contributed by atoms with E-state index < -0.39 is 60.9 Å². The molecule has 7 atom stereocenters. The molecule has 6 aromatic rings. The summed E-state index contributed by atoms with van der Waals surface area (Å²) in [6, 6.07) is 34.0. The van der Waals surface area contributed by atoms with Gasteiger partial charge in [-0.05, 0) is 36.4 Å². The predicted molar refractivity (Wildman–Crippen MR) is 191 cm³/mol. The van der Waals surface area contributed by atoms with Crippen molar-refractivity contribution in [2.45, 2.75) is 43.0 Å². The predicted octanol–water partition coefficient (Wildman–Crippen LogP) is 6.17. The van der Waals surface area contributed by atoms with Crippen molar-refractivity contribution >= 4 is 40.7 Å². The van der Waals surface area contributed by atoms with Crippen LogP contribution in [0.4, 0.5) is 0 Å². The van der Waals surface area contributed by atoms with Gasteiger partial charge in [0, 0.05) is 5.56 Å². The van der Waals surface area contributed by atoms with Gasteiger partial charge in [0.15, 0.2) is 41.6 Å². The van der Waals surface area contributed by atoms with Crippen LogP contribution in [0, 0.1) is 0 Å². The monoisotopic (exact) mass is 746 g/mol. The summed E-state index contributed by atoms with van der Waals surface area (Å²) in [6.07, 6.45) is -6.23. The molecule has 2 saturated heterocycles. The van der Waals surface area contributed by atoms with Crippen LogP contribution in [0.2, 0.25) is 5.15 Å². The number of carbonyl (C=O) groups excluding carboxylic acids is 3. The number of ether oxygens (including phenoxy) is 6. The third-order valence-electron chi connectivity index (χ3n) is 9.04. The number of benzene rings is 4. The highest BCUT2D eigenvalue weighted by Crippen LogP contribution is 2.41. The number of nitrogens with zero attached hydrogens (tertiary/aromatic N) is 4. The van der Waals surface area contributed by atoms with Crippen molar-refractivity contribution < 1.29 is 42.8 Å². The van der Waals surface area contributed by atoms with Crippen molar-refractivity contribution in [1.82, 2.24) is 19.5 Å². The Bertz CT molecular complexity index is 2250. The van der Waals surface area contributed by atoms with E-state index in [1.165, 1.54) is 17.2 Å². The Morgan fingerprint density at radius 3 is 1.72 bits per heavy atom. The van der Waals surface area contributed by atoms with Gasteiger partial charge in [0.2, 0.25) is 0 Å². The molecule has 2 aliphatic heterocycles. The molecule has 0 aliphatic carbocycles. The first-order chi connectivity index (χ1) is 26.4. The molecule has 4 heterocycles. The molecule has 0 saturated carbocycles. The topological polar surface area (TPSA) is 150 Å². The van der Waals surface area contributed by atoms with E-state index in [0.717, 1.165) is 0 Å². The Morgan fingerprint density at radius 1 is 0.630 bits per heavy atom. The Balaban J connectivity index is 1.30. The van der Waals surface area contributed by atoms with Gasteiger partial charge in [-0.2, -0.15) is 0 Å². The minimum absolute atomic E-state index is 0.0683. The minimum Gasteiger partial charge on any atom is -0.452 e. The van der Waals surface area contributed by atoms with E-state index in [-0.39, 0.29) is 39.6 Å². The highest BCUT2D eigenvalue weighted by Gasteiger charge is 2.56. The lowest BCUT2D eigenvalue weighted by molar-refractivity contribution is -0.289. The number of hydrogen-bond acceptors (Lipinski definition) is 12. The Labute approximate surface area is 313 Å². The van der Waals surface area contributed by atoms with Gasteiger partial charge >= 0.3 is 17.9 Å². The van der Waals surface area contributed by atoms with Crippen molar-refractivity contribution in [3.05, 3.63) is 161 Å². The number of aromatic nitrogens is 4. The molecule has 0 spiro atoms. The summed E-state index contributed by atoms with van der Waals surface area (Å²) in [5, 5.41) is 0.0693. The zero-order valence-electron chi connectivity index (χ0n) is 28.3. The first-order valence-corrected chi connectivity index (χ1v) is 17.4. The van der Waals surface area contributed by atoms with Gasteiger partial charge in [-0.25, -0.2) is 29.3 Å². The maximum Gasteiger partial charge on any atom is 0.338 e. The zero-order valence-corrected chi connectivity index (χ0v) is 29.0. The second-order valence-electron chi connectivity index (χ2n) is 12.4. The van der Waals surface area contributed by atoms with Crippen LogP contribution in [0.3, 0.4) is 0 Å². The second kappa shape index (κ2) is 15.5. The van der Waals surface area contributed by atoms with Crippen LogP contribution in [0.15, 0.2) is 134 Å². The van der Waals surface area contributed by atoms with E-state index in [4.69, 9.17) is 40.0 Å². The molecule has 0 radical (unpaired) electrons. The third-order valence-corrected chi connectivity index (χ3v) is 9.32. The van der Waals surface area contributed by atoms with Gasteiger partial charge in [0.25, 0.3) is 0 Å². The zero-order chi connectivity index (χ0) is 37.0. The molecular formula is C40H31ClN4O9. The Hall–Kier alpha value is -5.99. The number of rotatable bonds is 8. The van der Waals surface area contributed by atoms with Crippen LogP contribution in [-0.4, -0.2) is 74.6 Å². The summed E-state index contributed by atoms with van der Waals surface area (Å²) in [4.78, 5) is 54.9. The lowest BCUT2D eigenvalue weighted by atomic mass is 9.98. The quantitative estimate of drug-likeness (QED) is 0.0996. The van der Waals surface area contributed by atoms with Crippen molar-refractivity contribution in [3.63, 3.8) is 0 Å². The van der Waals surface area contributed by atoms with E-state index in [1.807, 2.05) is 30.3 Å². The molecule has 13 nitrogen and oxygen atoms in total. The number of fused-ring (bicyclic) bond motifs is 2. The molecule has 14 heteroatoms. The summed E-state index contributed by atoms with van der Waals surface area (Å²) in [5.41, 5.74) is 1.77. The largest absolute Gasteiger partial charge is 0.452 e. The van der Waals surface area contributed by atoms with E-state index in [2.05, 4.69) is 15.0 Å². The standard InChI is InChI=1S/C40H31ClN4O9/c41-34-29-35(43-22-42-34)45(23-44-29)36-33(53-39(48)26-17-9-3-10-18-26)32(52-38(47)25-15-7-2-8-16-25)31(51-37(46)24-13-5-1-6-14-24)30-28(50-36)21-49-40(54-30)27-19-11-4-12-20-27/h1-20,22-23,28,30-33,36,40H,21H2/t28-,30-,31+,32-,33-,36-,40?/m1/s1. The van der Waals surface area contributed by atoms with E-state index >= 15 is 0 Å². The van der Waals surface area contributed by atoms with E-state index in [1.54, 1.807) is 91.0 Å². The van der Waals surface area contributed by atoms with Crippen LogP contribution in [0.5, 0.6) is 0 Å². The fourth-order valence-corrected chi connectivity index (χ4v) is 6.63. The molecule has 2 fully saturated rings. The molecule has 0 amide bonds. The number of esters is 3. The summed E-state index contributed by atoms with van der Waals surface area (Å²) >= 11 is 6.41. The molecule has 2 aliphatic rings. The fraction of sp³-hybridized carbons (Fsp3) is 0.200. The molecule has 0 bridgehead atoms. The molecule has 54 heavy (non-hydrogen) atoms. The van der Waals surface area contributed by atoms with Gasteiger partial charge in [-0.3, -0.25) is 4.57 Å². The SMILES string of the molecule is O=C(O[C@@H]1[C@@H](OC(=O)c2ccccc2)[C@@H]2OC(c3ccccc3)OC[C@H]2O[C@@H](n2cnc3c(Cl)ncnc32)[C@@H]1OC(=O)c1ccccc1)c1ccccc1. The van der Waals surface area contributed by atoms with Gasteiger partial charge in [0.1, 0.15) is 24.1 Å². The second-order valence-corrected chi connectivity index (χ2v) is 12.8. The van der Waals surface area contributed by atoms with Gasteiger partial charge in [-0.15, -0.1) is 0 Å². The molecule has 4 aromatic carbocycles. The van der Waals surface area contributed by atoms with Crippen molar-refractivity contribution in [2.24, 2.45) is 0 Å². The number of imidazole rings is 1. The summed E-state index contributed by atoms with van der Waals surface area (Å²) in [6.45, 7) is -0.0683. The molecular weight excluding hydrogens is 716 g/mol. The van der Waals surface area contributed by atoms with Crippen LogP contribution in [-0.2, 0) is 28.4 Å². The van der Waals surface area contributed by atoms with Crippen molar-refractivity contribution in [3.8, 4) is 0 Å². The highest BCUT2D eigenvalue weighted by molar-refractivity contribution is 6.33. The van der Waals surface area contributed by atoms with Crippen molar-refractivity contribution in [1.29, 1.82) is 0 Å². The summed E-state index contributed by atoms with van der Waals surface area (Å²) < 4.78 is 40.0. The first-order valence-electron chi connectivity index (χ1n) is 17.0. The van der Waals surface area contributed by atoms with Crippen LogP contribution in [0.1, 0.15) is 49.2 Å². The molecule has 0 N–H and O–H groups in total. The Morgan fingerprint density at radius 2 is 1.15 bits per heavy atom. The summed E-state index contributed by atoms with van der Waals surface area (Å²) in [7, 11) is 0. The first kappa shape index (κ1) is 35.1. The van der Waals surface area contributed by atoms with Crippen LogP contribution < -0.4 is 0 Å². The van der Waals surface area contributed by atoms with E-state index in [0.29, 0.717) is 5.56 Å². The van der Waals surface area contributed by atoms with Crippen LogP contribution in [0.25, 0.3) is 11.2 Å².